The number of hydrogen-bond acceptors (Lipinski definition) is 4. The number of nitrogens with zero attached hydrogens (tertiary/aromatic N) is 3. The first kappa shape index (κ1) is 21.5. The Labute approximate surface area is 187 Å². The molecule has 4 aromatic rings. The molecule has 0 aliphatic carbocycles. The molecule has 2 aromatic heterocycles. The molecule has 0 spiro atoms. The van der Waals surface area contributed by atoms with E-state index < -0.39 is 12.5 Å². The minimum Gasteiger partial charge on any atom is -0.382 e. The molecule has 0 amide bonds. The van der Waals surface area contributed by atoms with Crippen LogP contribution in [0, 0.1) is 0 Å². The summed E-state index contributed by atoms with van der Waals surface area (Å²) in [5, 5.41) is 11.2. The summed E-state index contributed by atoms with van der Waals surface area (Å²) >= 11 is 7.53. The summed E-state index contributed by atoms with van der Waals surface area (Å²) in [4.78, 5) is 10.2. The predicted molar refractivity (Wildman–Crippen MR) is 118 cm³/mol. The second-order valence-electron chi connectivity index (χ2n) is 6.82. The van der Waals surface area contributed by atoms with Gasteiger partial charge in [-0.25, -0.2) is 13.8 Å². The SMILES string of the molecule is Cn1c(-c2ccccn2)nc(-c2ccc(C(O)C(F)F)cc2)c1Sc1ccc(Cl)cc1. The third kappa shape index (κ3) is 4.63. The highest BCUT2D eigenvalue weighted by Crippen LogP contribution is 2.39. The molecule has 2 aromatic carbocycles. The quantitative estimate of drug-likeness (QED) is 0.371. The fraction of sp³-hybridized carbons (Fsp3) is 0.130. The average molecular weight is 458 g/mol. The number of imidazole rings is 1. The van der Waals surface area contributed by atoms with Crippen molar-refractivity contribution in [2.24, 2.45) is 7.05 Å². The smallest absolute Gasteiger partial charge is 0.268 e. The lowest BCUT2D eigenvalue weighted by Gasteiger charge is -2.11. The molecule has 4 nitrogen and oxygen atoms in total. The Hall–Kier alpha value is -2.74. The largest absolute Gasteiger partial charge is 0.382 e. The van der Waals surface area contributed by atoms with Gasteiger partial charge in [-0.3, -0.25) is 4.98 Å². The lowest BCUT2D eigenvalue weighted by atomic mass is 10.1. The predicted octanol–water partition coefficient (Wildman–Crippen LogP) is 6.25. The van der Waals surface area contributed by atoms with Gasteiger partial charge >= 0.3 is 0 Å². The van der Waals surface area contributed by atoms with Gasteiger partial charge in [0.15, 0.2) is 5.82 Å². The van der Waals surface area contributed by atoms with E-state index in [1.54, 1.807) is 18.3 Å². The number of halogens is 3. The number of pyridine rings is 1. The zero-order valence-corrected chi connectivity index (χ0v) is 18.0. The number of rotatable bonds is 6. The van der Waals surface area contributed by atoms with Crippen molar-refractivity contribution < 1.29 is 13.9 Å². The molecule has 0 fully saturated rings. The molecule has 0 aliphatic rings. The van der Waals surface area contributed by atoms with Gasteiger partial charge in [-0.15, -0.1) is 0 Å². The Morgan fingerprint density at radius 2 is 1.71 bits per heavy atom. The molecule has 158 valence electrons. The molecule has 0 bridgehead atoms. The summed E-state index contributed by atoms with van der Waals surface area (Å²) in [6, 6.07) is 19.5. The van der Waals surface area contributed by atoms with Gasteiger partial charge in [-0.1, -0.05) is 53.7 Å². The highest BCUT2D eigenvalue weighted by Gasteiger charge is 2.22. The molecule has 1 N–H and O–H groups in total. The molecule has 0 radical (unpaired) electrons. The van der Waals surface area contributed by atoms with Gasteiger partial charge in [0.2, 0.25) is 0 Å². The summed E-state index contributed by atoms with van der Waals surface area (Å²) in [6.07, 6.45) is -2.95. The summed E-state index contributed by atoms with van der Waals surface area (Å²) < 4.78 is 27.6. The lowest BCUT2D eigenvalue weighted by Crippen LogP contribution is -2.07. The van der Waals surface area contributed by atoms with Crippen LogP contribution in [0.4, 0.5) is 8.78 Å². The number of benzene rings is 2. The number of alkyl halides is 2. The monoisotopic (exact) mass is 457 g/mol. The van der Waals surface area contributed by atoms with E-state index in [1.165, 1.54) is 23.9 Å². The first-order chi connectivity index (χ1) is 14.9. The molecule has 2 heterocycles. The Bertz CT molecular complexity index is 1170. The van der Waals surface area contributed by atoms with E-state index in [1.807, 2.05) is 54.1 Å². The van der Waals surface area contributed by atoms with Crippen molar-refractivity contribution in [3.8, 4) is 22.8 Å². The van der Waals surface area contributed by atoms with Crippen molar-refractivity contribution in [3.63, 3.8) is 0 Å². The third-order valence-corrected chi connectivity index (χ3v) is 6.15. The van der Waals surface area contributed by atoms with Crippen LogP contribution in [0.5, 0.6) is 0 Å². The Balaban J connectivity index is 1.79. The summed E-state index contributed by atoms with van der Waals surface area (Å²) in [6.45, 7) is 0. The zero-order valence-electron chi connectivity index (χ0n) is 16.4. The van der Waals surface area contributed by atoms with Crippen LogP contribution in [0.3, 0.4) is 0 Å². The van der Waals surface area contributed by atoms with Crippen LogP contribution in [0.15, 0.2) is 82.8 Å². The summed E-state index contributed by atoms with van der Waals surface area (Å²) in [7, 11) is 1.91. The third-order valence-electron chi connectivity index (χ3n) is 4.73. The number of hydrogen-bond donors (Lipinski definition) is 1. The minimum absolute atomic E-state index is 0.159. The van der Waals surface area contributed by atoms with E-state index in [4.69, 9.17) is 16.6 Å². The van der Waals surface area contributed by atoms with Crippen LogP contribution in [0.25, 0.3) is 22.8 Å². The van der Waals surface area contributed by atoms with Gasteiger partial charge in [0, 0.05) is 28.7 Å². The van der Waals surface area contributed by atoms with Crippen LogP contribution >= 0.6 is 23.4 Å². The molecule has 0 aliphatic heterocycles. The van der Waals surface area contributed by atoms with Crippen LogP contribution in [0.2, 0.25) is 5.02 Å². The van der Waals surface area contributed by atoms with Gasteiger partial charge < -0.3 is 9.67 Å². The van der Waals surface area contributed by atoms with Crippen LogP contribution in [-0.4, -0.2) is 26.1 Å². The molecule has 0 saturated carbocycles. The van der Waals surface area contributed by atoms with E-state index in [-0.39, 0.29) is 5.56 Å². The van der Waals surface area contributed by atoms with Gasteiger partial charge in [0.05, 0.1) is 0 Å². The number of aromatic nitrogens is 3. The Morgan fingerprint density at radius 1 is 1.00 bits per heavy atom. The maximum atomic E-state index is 12.8. The fourth-order valence-electron chi connectivity index (χ4n) is 3.11. The molecular formula is C23H18ClF2N3OS. The van der Waals surface area contributed by atoms with Crippen LogP contribution in [0.1, 0.15) is 11.7 Å². The van der Waals surface area contributed by atoms with E-state index in [0.717, 1.165) is 21.2 Å². The first-order valence-electron chi connectivity index (χ1n) is 9.42. The maximum Gasteiger partial charge on any atom is 0.268 e. The van der Waals surface area contributed by atoms with E-state index in [9.17, 15) is 13.9 Å². The highest BCUT2D eigenvalue weighted by molar-refractivity contribution is 7.99. The number of aliphatic hydroxyl groups excluding tert-OH is 1. The number of aliphatic hydroxyl groups is 1. The molecular weight excluding hydrogens is 440 g/mol. The maximum absolute atomic E-state index is 12.8. The van der Waals surface area contributed by atoms with Crippen molar-refractivity contribution in [1.82, 2.24) is 14.5 Å². The minimum atomic E-state index is -2.84. The van der Waals surface area contributed by atoms with Gasteiger partial charge in [-0.05, 0) is 42.0 Å². The van der Waals surface area contributed by atoms with Crippen molar-refractivity contribution in [3.05, 3.63) is 83.5 Å². The molecule has 1 atom stereocenters. The molecule has 1 unspecified atom stereocenters. The average Bonchev–Trinajstić information content (AvgIpc) is 3.11. The second kappa shape index (κ2) is 9.18. The Morgan fingerprint density at radius 3 is 2.32 bits per heavy atom. The standard InChI is InChI=1S/C23H18ClF2N3OS/c1-29-22(18-4-2-3-13-27-18)28-19(23(29)31-17-11-9-16(24)10-12-17)14-5-7-15(8-6-14)20(30)21(25)26/h2-13,20-21,30H,1H3. The highest BCUT2D eigenvalue weighted by atomic mass is 35.5. The first-order valence-corrected chi connectivity index (χ1v) is 10.6. The van der Waals surface area contributed by atoms with Crippen LogP contribution < -0.4 is 0 Å². The Kier molecular flexibility index (Phi) is 6.36. The van der Waals surface area contributed by atoms with Gasteiger partial charge in [0.1, 0.15) is 22.5 Å². The zero-order chi connectivity index (χ0) is 22.0. The second-order valence-corrected chi connectivity index (χ2v) is 8.32. The summed E-state index contributed by atoms with van der Waals surface area (Å²) in [5.41, 5.74) is 2.33. The van der Waals surface area contributed by atoms with Crippen molar-refractivity contribution in [2.45, 2.75) is 22.5 Å². The van der Waals surface area contributed by atoms with Crippen LogP contribution in [-0.2, 0) is 7.05 Å². The van der Waals surface area contributed by atoms with E-state index in [0.29, 0.717) is 16.5 Å². The lowest BCUT2D eigenvalue weighted by molar-refractivity contribution is -0.00577. The molecule has 0 saturated heterocycles. The molecule has 31 heavy (non-hydrogen) atoms. The van der Waals surface area contributed by atoms with Crippen molar-refractivity contribution in [1.29, 1.82) is 0 Å². The van der Waals surface area contributed by atoms with Crippen molar-refractivity contribution >= 4 is 23.4 Å². The van der Waals surface area contributed by atoms with Gasteiger partial charge in [-0.2, -0.15) is 0 Å². The summed E-state index contributed by atoms with van der Waals surface area (Å²) in [5.74, 6) is 0.684. The molecule has 4 rings (SSSR count). The topological polar surface area (TPSA) is 50.9 Å². The van der Waals surface area contributed by atoms with E-state index >= 15 is 0 Å². The fourth-order valence-corrected chi connectivity index (χ4v) is 4.22. The van der Waals surface area contributed by atoms with E-state index in [2.05, 4.69) is 4.98 Å². The normalized spacial score (nSPS) is 12.3. The molecule has 8 heteroatoms. The van der Waals surface area contributed by atoms with Gasteiger partial charge in [0.25, 0.3) is 6.43 Å². The van der Waals surface area contributed by atoms with Crippen molar-refractivity contribution in [2.75, 3.05) is 0 Å².